The van der Waals surface area contributed by atoms with Crippen molar-refractivity contribution in [3.05, 3.63) is 58.6 Å². The third kappa shape index (κ3) is 4.97. The molecule has 168 valence electrons. The maximum Gasteiger partial charge on any atom is 0.416 e. The topological polar surface area (TPSA) is 60.9 Å². The number of carbonyl (C=O) groups excluding carboxylic acids is 1. The smallest absolute Gasteiger partial charge is 0.368 e. The number of nitrogens with zero attached hydrogens (tertiary/aromatic N) is 3. The van der Waals surface area contributed by atoms with Gasteiger partial charge in [-0.15, -0.1) is 0 Å². The Morgan fingerprint density at radius 3 is 2.26 bits per heavy atom. The number of amides is 1. The number of alkyl halides is 3. The second-order valence-electron chi connectivity index (χ2n) is 7.26. The average molecular weight is 476 g/mol. The molecule has 0 N–H and O–H groups in total. The van der Waals surface area contributed by atoms with E-state index in [1.807, 2.05) is 0 Å². The summed E-state index contributed by atoms with van der Waals surface area (Å²) in [6.45, 7) is 1.19. The molecular weight excluding hydrogens is 455 g/mol. The minimum atomic E-state index is -4.43. The maximum absolute atomic E-state index is 13.0. The van der Waals surface area contributed by atoms with E-state index < -0.39 is 27.7 Å². The lowest BCUT2D eigenvalue weighted by molar-refractivity contribution is -0.137. The Bertz CT molecular complexity index is 1080. The third-order valence-corrected chi connectivity index (χ3v) is 7.19. The van der Waals surface area contributed by atoms with E-state index in [2.05, 4.69) is 0 Å². The standard InChI is InChI=1S/C20H21ClF3N3O3S/c1-25(2)31(29,30)16-6-7-18(21)17(13-16)19(28)27-10-8-26(9-11-27)15-5-3-4-14(12-15)20(22,23)24/h3-7,12-13H,8-11H2,1-2H3. The molecule has 0 unspecified atom stereocenters. The van der Waals surface area contributed by atoms with Crippen molar-refractivity contribution in [2.75, 3.05) is 45.2 Å². The van der Waals surface area contributed by atoms with Gasteiger partial charge in [0.15, 0.2) is 0 Å². The molecular formula is C20H21ClF3N3O3S. The van der Waals surface area contributed by atoms with E-state index in [9.17, 15) is 26.4 Å². The normalized spacial score (nSPS) is 15.5. The fraction of sp³-hybridized carbons (Fsp3) is 0.350. The van der Waals surface area contributed by atoms with Gasteiger partial charge in [-0.2, -0.15) is 13.2 Å². The fourth-order valence-corrected chi connectivity index (χ4v) is 4.38. The monoisotopic (exact) mass is 475 g/mol. The number of sulfonamides is 1. The van der Waals surface area contributed by atoms with Crippen LogP contribution in [0.5, 0.6) is 0 Å². The molecule has 1 aliphatic rings. The summed E-state index contributed by atoms with van der Waals surface area (Å²) in [5.74, 6) is -0.426. The molecule has 0 radical (unpaired) electrons. The van der Waals surface area contributed by atoms with Gasteiger partial charge < -0.3 is 9.80 Å². The van der Waals surface area contributed by atoms with Crippen LogP contribution < -0.4 is 4.90 Å². The Morgan fingerprint density at radius 1 is 1.03 bits per heavy atom. The number of hydrogen-bond acceptors (Lipinski definition) is 4. The van der Waals surface area contributed by atoms with Gasteiger partial charge >= 0.3 is 6.18 Å². The fourth-order valence-electron chi connectivity index (χ4n) is 3.26. The Balaban J connectivity index is 1.76. The van der Waals surface area contributed by atoms with E-state index in [0.717, 1.165) is 16.4 Å². The lowest BCUT2D eigenvalue weighted by Crippen LogP contribution is -2.49. The molecule has 0 spiro atoms. The van der Waals surface area contributed by atoms with Gasteiger partial charge in [0.25, 0.3) is 5.91 Å². The van der Waals surface area contributed by atoms with Crippen molar-refractivity contribution in [1.82, 2.24) is 9.21 Å². The highest BCUT2D eigenvalue weighted by molar-refractivity contribution is 7.89. The molecule has 0 saturated carbocycles. The van der Waals surface area contributed by atoms with Crippen LogP contribution in [0.4, 0.5) is 18.9 Å². The van der Waals surface area contributed by atoms with Crippen LogP contribution >= 0.6 is 11.6 Å². The van der Waals surface area contributed by atoms with Crippen molar-refractivity contribution < 1.29 is 26.4 Å². The molecule has 11 heteroatoms. The van der Waals surface area contributed by atoms with E-state index in [-0.39, 0.29) is 28.6 Å². The van der Waals surface area contributed by atoms with Gasteiger partial charge in [-0.1, -0.05) is 17.7 Å². The quantitative estimate of drug-likeness (QED) is 0.678. The predicted octanol–water partition coefficient (Wildman–Crippen LogP) is 3.57. The summed E-state index contributed by atoms with van der Waals surface area (Å²) in [5.41, 5.74) is -0.231. The van der Waals surface area contributed by atoms with Crippen molar-refractivity contribution in [3.63, 3.8) is 0 Å². The molecule has 3 rings (SSSR count). The Morgan fingerprint density at radius 2 is 1.68 bits per heavy atom. The average Bonchev–Trinajstić information content (AvgIpc) is 2.73. The van der Waals surface area contributed by atoms with Crippen LogP contribution in [-0.4, -0.2) is 63.8 Å². The van der Waals surface area contributed by atoms with Gasteiger partial charge in [0, 0.05) is 46.0 Å². The minimum absolute atomic E-state index is 0.0483. The predicted molar refractivity (Wildman–Crippen MR) is 112 cm³/mol. The first kappa shape index (κ1) is 23.4. The van der Waals surface area contributed by atoms with Crippen molar-refractivity contribution in [2.45, 2.75) is 11.1 Å². The van der Waals surface area contributed by atoms with Crippen LogP contribution in [0, 0.1) is 0 Å². The number of benzene rings is 2. The Hall–Kier alpha value is -2.30. The number of hydrogen-bond donors (Lipinski definition) is 0. The zero-order chi connectivity index (χ0) is 23.0. The third-order valence-electron chi connectivity index (χ3n) is 5.05. The van der Waals surface area contributed by atoms with Crippen LogP contribution in [0.25, 0.3) is 0 Å². The molecule has 1 fully saturated rings. The van der Waals surface area contributed by atoms with Gasteiger partial charge in [0.05, 0.1) is 21.0 Å². The lowest BCUT2D eigenvalue weighted by atomic mass is 10.1. The molecule has 0 atom stereocenters. The Kier molecular flexibility index (Phi) is 6.54. The van der Waals surface area contributed by atoms with Crippen molar-refractivity contribution in [3.8, 4) is 0 Å². The summed E-state index contributed by atoms with van der Waals surface area (Å²) in [4.78, 5) is 16.2. The van der Waals surface area contributed by atoms with Crippen LogP contribution in [0.3, 0.4) is 0 Å². The van der Waals surface area contributed by atoms with Crippen LogP contribution in [-0.2, 0) is 16.2 Å². The van der Waals surface area contributed by atoms with Gasteiger partial charge in [-0.05, 0) is 36.4 Å². The van der Waals surface area contributed by atoms with Gasteiger partial charge in [0.2, 0.25) is 10.0 Å². The van der Waals surface area contributed by atoms with Gasteiger partial charge in [-0.25, -0.2) is 12.7 Å². The van der Waals surface area contributed by atoms with E-state index in [1.165, 1.54) is 43.3 Å². The summed E-state index contributed by atoms with van der Waals surface area (Å²) >= 11 is 6.15. The largest absolute Gasteiger partial charge is 0.416 e. The number of carbonyl (C=O) groups is 1. The van der Waals surface area contributed by atoms with E-state index in [1.54, 1.807) is 11.0 Å². The summed E-state index contributed by atoms with van der Waals surface area (Å²) < 4.78 is 64.7. The van der Waals surface area contributed by atoms with Crippen molar-refractivity contribution in [1.29, 1.82) is 0 Å². The highest BCUT2D eigenvalue weighted by Gasteiger charge is 2.31. The molecule has 1 aliphatic heterocycles. The molecule has 2 aromatic rings. The van der Waals surface area contributed by atoms with Crippen molar-refractivity contribution in [2.24, 2.45) is 0 Å². The summed E-state index contributed by atoms with van der Waals surface area (Å²) in [7, 11) is -0.963. The first-order valence-electron chi connectivity index (χ1n) is 9.35. The molecule has 6 nitrogen and oxygen atoms in total. The molecule has 0 aliphatic carbocycles. The first-order chi connectivity index (χ1) is 14.4. The first-order valence-corrected chi connectivity index (χ1v) is 11.2. The molecule has 2 aromatic carbocycles. The zero-order valence-corrected chi connectivity index (χ0v) is 18.4. The summed E-state index contributed by atoms with van der Waals surface area (Å²) in [6.07, 6.45) is -4.43. The molecule has 0 bridgehead atoms. The summed E-state index contributed by atoms with van der Waals surface area (Å²) in [5, 5.41) is 0.128. The summed E-state index contributed by atoms with van der Waals surface area (Å²) in [6, 6.07) is 9.00. The maximum atomic E-state index is 13.0. The number of rotatable bonds is 4. The highest BCUT2D eigenvalue weighted by Crippen LogP contribution is 2.32. The van der Waals surface area contributed by atoms with E-state index in [0.29, 0.717) is 18.8 Å². The van der Waals surface area contributed by atoms with Crippen molar-refractivity contribution >= 4 is 33.2 Å². The van der Waals surface area contributed by atoms with Crippen LogP contribution in [0.2, 0.25) is 5.02 Å². The number of halogens is 4. The highest BCUT2D eigenvalue weighted by atomic mass is 35.5. The zero-order valence-electron chi connectivity index (χ0n) is 16.9. The lowest BCUT2D eigenvalue weighted by Gasteiger charge is -2.36. The number of anilines is 1. The molecule has 1 heterocycles. The molecule has 1 amide bonds. The molecule has 31 heavy (non-hydrogen) atoms. The minimum Gasteiger partial charge on any atom is -0.368 e. The van der Waals surface area contributed by atoms with E-state index in [4.69, 9.17) is 11.6 Å². The second kappa shape index (κ2) is 8.68. The van der Waals surface area contributed by atoms with Crippen LogP contribution in [0.15, 0.2) is 47.4 Å². The van der Waals surface area contributed by atoms with E-state index >= 15 is 0 Å². The second-order valence-corrected chi connectivity index (χ2v) is 9.82. The Labute approximate surface area is 183 Å². The molecule has 0 aromatic heterocycles. The van der Waals surface area contributed by atoms with Crippen LogP contribution in [0.1, 0.15) is 15.9 Å². The number of piperazine rings is 1. The molecule has 1 saturated heterocycles. The van der Waals surface area contributed by atoms with Gasteiger partial charge in [0.1, 0.15) is 0 Å². The van der Waals surface area contributed by atoms with Gasteiger partial charge in [-0.3, -0.25) is 4.79 Å². The SMILES string of the molecule is CN(C)S(=O)(=O)c1ccc(Cl)c(C(=O)N2CCN(c3cccc(C(F)(F)F)c3)CC2)c1.